The summed E-state index contributed by atoms with van der Waals surface area (Å²) in [7, 11) is 1.47. The molecule has 3 aromatic heterocycles. The molecule has 0 radical (unpaired) electrons. The molecule has 4 rings (SSSR count). The maximum atomic E-state index is 13.6. The van der Waals surface area contributed by atoms with Gasteiger partial charge in [0.1, 0.15) is 0 Å². The summed E-state index contributed by atoms with van der Waals surface area (Å²) in [5.41, 5.74) is 0.0212. The molecule has 30 heavy (non-hydrogen) atoms. The van der Waals surface area contributed by atoms with E-state index in [1.165, 1.54) is 20.2 Å². The van der Waals surface area contributed by atoms with Gasteiger partial charge >= 0.3 is 6.18 Å². The maximum absolute atomic E-state index is 13.6. The lowest BCUT2D eigenvalue weighted by atomic mass is 9.91. The van der Waals surface area contributed by atoms with Gasteiger partial charge in [-0.25, -0.2) is 9.97 Å². The van der Waals surface area contributed by atoms with Crippen LogP contribution in [-0.4, -0.2) is 46.1 Å². The van der Waals surface area contributed by atoms with Crippen molar-refractivity contribution >= 4 is 17.0 Å². The Morgan fingerprint density at radius 2 is 2.00 bits per heavy atom. The Morgan fingerprint density at radius 1 is 1.27 bits per heavy atom. The molecule has 0 atom stereocenters. The Balaban J connectivity index is 1.54. The van der Waals surface area contributed by atoms with Crippen molar-refractivity contribution in [2.75, 3.05) is 20.2 Å². The number of amides is 1. The maximum Gasteiger partial charge on any atom is 0.417 e. The summed E-state index contributed by atoms with van der Waals surface area (Å²) in [5.74, 6) is -0.0356. The van der Waals surface area contributed by atoms with Crippen LogP contribution >= 0.6 is 0 Å². The lowest BCUT2D eigenvalue weighted by Gasteiger charge is -2.32. The number of fused-ring (bicyclic) bond motifs is 1. The number of carbonyl (C=O) groups excluding carboxylic acids is 1. The van der Waals surface area contributed by atoms with Crippen LogP contribution in [0.1, 0.15) is 46.1 Å². The van der Waals surface area contributed by atoms with Gasteiger partial charge in [-0.3, -0.25) is 4.79 Å². The summed E-state index contributed by atoms with van der Waals surface area (Å²) >= 11 is 0. The van der Waals surface area contributed by atoms with Crippen molar-refractivity contribution in [2.45, 2.75) is 31.9 Å². The van der Waals surface area contributed by atoms with Gasteiger partial charge in [0.05, 0.1) is 23.8 Å². The number of ether oxygens (including phenoxy) is 1. The number of piperidine rings is 1. The van der Waals surface area contributed by atoms with Crippen LogP contribution in [0.25, 0.3) is 11.1 Å². The molecular weight excluding hydrogens is 401 g/mol. The highest BCUT2D eigenvalue weighted by molar-refractivity contribution is 5.94. The van der Waals surface area contributed by atoms with E-state index in [2.05, 4.69) is 15.1 Å². The SMILES string of the molecule is COc1cc(C(=O)N2CCC(c3cc(C(F)(F)F)c4c(C)noc4n3)CC2)ccn1. The summed E-state index contributed by atoms with van der Waals surface area (Å²) < 4.78 is 50.8. The van der Waals surface area contributed by atoms with Crippen LogP contribution in [0.4, 0.5) is 13.2 Å². The lowest BCUT2D eigenvalue weighted by molar-refractivity contribution is -0.136. The fourth-order valence-corrected chi connectivity index (χ4v) is 3.76. The van der Waals surface area contributed by atoms with E-state index in [0.29, 0.717) is 43.1 Å². The van der Waals surface area contributed by atoms with Gasteiger partial charge < -0.3 is 14.2 Å². The molecule has 1 saturated heterocycles. The fraction of sp³-hybridized carbons (Fsp3) is 0.400. The van der Waals surface area contributed by atoms with Gasteiger partial charge in [0.2, 0.25) is 5.88 Å². The number of likely N-dealkylation sites (tertiary alicyclic amines) is 1. The average Bonchev–Trinajstić information content (AvgIpc) is 3.12. The molecule has 1 amide bonds. The molecule has 0 N–H and O–H groups in total. The topological polar surface area (TPSA) is 81.4 Å². The van der Waals surface area contributed by atoms with Crippen LogP contribution in [0, 0.1) is 6.92 Å². The molecule has 0 aromatic carbocycles. The number of nitrogens with zero attached hydrogens (tertiary/aromatic N) is 4. The largest absolute Gasteiger partial charge is 0.481 e. The van der Waals surface area contributed by atoms with E-state index in [-0.39, 0.29) is 28.6 Å². The van der Waals surface area contributed by atoms with Crippen molar-refractivity contribution in [3.63, 3.8) is 0 Å². The molecule has 1 aliphatic rings. The Labute approximate surface area is 169 Å². The number of rotatable bonds is 3. The van der Waals surface area contributed by atoms with Gasteiger partial charge in [-0.2, -0.15) is 13.2 Å². The Morgan fingerprint density at radius 3 is 2.67 bits per heavy atom. The quantitative estimate of drug-likeness (QED) is 0.638. The lowest BCUT2D eigenvalue weighted by Crippen LogP contribution is -2.38. The first kappa shape index (κ1) is 20.1. The van der Waals surface area contributed by atoms with Gasteiger partial charge in [0, 0.05) is 42.5 Å². The van der Waals surface area contributed by atoms with Crippen LogP contribution in [0.5, 0.6) is 5.88 Å². The van der Waals surface area contributed by atoms with Crippen LogP contribution in [0.15, 0.2) is 28.9 Å². The van der Waals surface area contributed by atoms with E-state index < -0.39 is 11.7 Å². The number of pyridine rings is 2. The monoisotopic (exact) mass is 420 g/mol. The third-order valence-electron chi connectivity index (χ3n) is 5.33. The predicted molar refractivity (Wildman–Crippen MR) is 100 cm³/mol. The number of hydrogen-bond acceptors (Lipinski definition) is 6. The normalized spacial score (nSPS) is 15.6. The molecule has 3 aromatic rings. The number of hydrogen-bond donors (Lipinski definition) is 0. The smallest absolute Gasteiger partial charge is 0.417 e. The summed E-state index contributed by atoms with van der Waals surface area (Å²) in [6.07, 6.45) is -2.05. The second-order valence-corrected chi connectivity index (χ2v) is 7.19. The average molecular weight is 420 g/mol. The summed E-state index contributed by atoms with van der Waals surface area (Å²) in [4.78, 5) is 22.7. The van der Waals surface area contributed by atoms with E-state index in [4.69, 9.17) is 9.26 Å². The number of halogens is 3. The van der Waals surface area contributed by atoms with E-state index in [1.54, 1.807) is 17.0 Å². The first-order valence-corrected chi connectivity index (χ1v) is 9.41. The third kappa shape index (κ3) is 3.69. The van der Waals surface area contributed by atoms with Crippen molar-refractivity contribution < 1.29 is 27.2 Å². The van der Waals surface area contributed by atoms with Crippen LogP contribution in [0.2, 0.25) is 0 Å². The molecule has 158 valence electrons. The number of alkyl halides is 3. The molecule has 0 spiro atoms. The van der Waals surface area contributed by atoms with E-state index >= 15 is 0 Å². The van der Waals surface area contributed by atoms with Crippen molar-refractivity contribution in [1.82, 2.24) is 20.0 Å². The van der Waals surface area contributed by atoms with Crippen LogP contribution in [-0.2, 0) is 6.18 Å². The van der Waals surface area contributed by atoms with Crippen LogP contribution in [0.3, 0.4) is 0 Å². The minimum Gasteiger partial charge on any atom is -0.481 e. The van der Waals surface area contributed by atoms with E-state index in [0.717, 1.165) is 6.07 Å². The van der Waals surface area contributed by atoms with Crippen molar-refractivity contribution in [1.29, 1.82) is 0 Å². The summed E-state index contributed by atoms with van der Waals surface area (Å²) in [5, 5.41) is 3.53. The molecule has 1 fully saturated rings. The number of methoxy groups -OCH3 is 1. The summed E-state index contributed by atoms with van der Waals surface area (Å²) in [6, 6.07) is 4.25. The van der Waals surface area contributed by atoms with Gasteiger partial charge in [-0.15, -0.1) is 0 Å². The molecule has 7 nitrogen and oxygen atoms in total. The molecule has 0 aliphatic carbocycles. The number of aryl methyl sites for hydroxylation is 1. The third-order valence-corrected chi connectivity index (χ3v) is 5.33. The zero-order valence-corrected chi connectivity index (χ0v) is 16.4. The highest BCUT2D eigenvalue weighted by Gasteiger charge is 2.37. The second kappa shape index (κ2) is 7.58. The second-order valence-electron chi connectivity index (χ2n) is 7.19. The molecule has 4 heterocycles. The Bertz CT molecular complexity index is 1090. The Hall–Kier alpha value is -3.17. The zero-order chi connectivity index (χ0) is 21.5. The Kier molecular flexibility index (Phi) is 5.08. The molecular formula is C20H19F3N4O3. The van der Waals surface area contributed by atoms with Crippen molar-refractivity contribution in [3.8, 4) is 5.88 Å². The minimum absolute atomic E-state index is 0.106. The number of carbonyl (C=O) groups is 1. The first-order valence-electron chi connectivity index (χ1n) is 9.41. The predicted octanol–water partition coefficient (Wildman–Crippen LogP) is 3.97. The molecule has 0 unspecified atom stereocenters. The zero-order valence-electron chi connectivity index (χ0n) is 16.4. The molecule has 1 aliphatic heterocycles. The van der Waals surface area contributed by atoms with Gasteiger partial charge in [-0.05, 0) is 31.9 Å². The van der Waals surface area contributed by atoms with Crippen LogP contribution < -0.4 is 4.74 Å². The van der Waals surface area contributed by atoms with E-state index in [9.17, 15) is 18.0 Å². The highest BCUT2D eigenvalue weighted by atomic mass is 19.4. The molecule has 0 saturated carbocycles. The minimum atomic E-state index is -4.54. The van der Waals surface area contributed by atoms with Gasteiger partial charge in [-0.1, -0.05) is 5.16 Å². The summed E-state index contributed by atoms with van der Waals surface area (Å²) in [6.45, 7) is 2.27. The molecule has 0 bridgehead atoms. The van der Waals surface area contributed by atoms with Crippen molar-refractivity contribution in [2.24, 2.45) is 0 Å². The van der Waals surface area contributed by atoms with Gasteiger partial charge in [0.15, 0.2) is 0 Å². The number of aromatic nitrogens is 3. The standard InChI is InChI=1S/C20H19F3N4O3/c1-11-17-14(20(21,22)23)10-15(25-18(17)30-26-11)12-4-7-27(8-5-12)19(28)13-3-6-24-16(9-13)29-2/h3,6,9-10,12H,4-5,7-8H2,1-2H3. The van der Waals surface area contributed by atoms with E-state index in [1.807, 2.05) is 0 Å². The highest BCUT2D eigenvalue weighted by Crippen LogP contribution is 2.39. The van der Waals surface area contributed by atoms with Gasteiger partial charge in [0.25, 0.3) is 11.6 Å². The van der Waals surface area contributed by atoms with Crippen molar-refractivity contribution in [3.05, 3.63) is 46.9 Å². The molecule has 10 heteroatoms. The first-order chi connectivity index (χ1) is 14.3. The fourth-order valence-electron chi connectivity index (χ4n) is 3.76.